The van der Waals surface area contributed by atoms with Gasteiger partial charge in [0.1, 0.15) is 0 Å². The zero-order valence-electron chi connectivity index (χ0n) is 8.06. The Morgan fingerprint density at radius 2 is 1.91 bits per heavy atom. The van der Waals surface area contributed by atoms with Gasteiger partial charge in [0, 0.05) is 0 Å². The summed E-state index contributed by atoms with van der Waals surface area (Å²) in [6.45, 7) is 11.4. The van der Waals surface area contributed by atoms with Gasteiger partial charge in [-0.3, -0.25) is 0 Å². The van der Waals surface area contributed by atoms with Crippen LogP contribution in [0.15, 0.2) is 12.2 Å². The highest BCUT2D eigenvalue weighted by molar-refractivity contribution is 4.94. The van der Waals surface area contributed by atoms with E-state index in [-0.39, 0.29) is 0 Å². The van der Waals surface area contributed by atoms with Crippen molar-refractivity contribution < 1.29 is 0 Å². The number of hydrogen-bond acceptors (Lipinski definition) is 1. The predicted molar refractivity (Wildman–Crippen MR) is 51.4 cm³/mol. The van der Waals surface area contributed by atoms with Crippen molar-refractivity contribution in [1.82, 2.24) is 0 Å². The Morgan fingerprint density at radius 3 is 2.27 bits per heavy atom. The summed E-state index contributed by atoms with van der Waals surface area (Å²) in [4.78, 5) is 0. The minimum absolute atomic E-state index is 0.623. The molecule has 11 heavy (non-hydrogen) atoms. The average Bonchev–Trinajstić information content (AvgIpc) is 2.02. The molecule has 2 atom stereocenters. The Morgan fingerprint density at radius 1 is 1.36 bits per heavy atom. The fraction of sp³-hybridized carbons (Fsp3) is 0.800. The number of rotatable bonds is 5. The molecule has 0 radical (unpaired) electrons. The lowest BCUT2D eigenvalue weighted by atomic mass is 9.89. The van der Waals surface area contributed by atoms with Gasteiger partial charge in [-0.2, -0.15) is 0 Å². The molecule has 0 fully saturated rings. The normalized spacial score (nSPS) is 16.0. The third-order valence-corrected chi connectivity index (χ3v) is 2.45. The first-order valence-electron chi connectivity index (χ1n) is 4.48. The Bertz CT molecular complexity index is 118. The maximum absolute atomic E-state index is 5.56. The van der Waals surface area contributed by atoms with E-state index in [2.05, 4.69) is 27.4 Å². The molecule has 66 valence electrons. The highest BCUT2D eigenvalue weighted by atomic mass is 14.5. The monoisotopic (exact) mass is 155 g/mol. The lowest BCUT2D eigenvalue weighted by Crippen LogP contribution is -2.18. The van der Waals surface area contributed by atoms with E-state index >= 15 is 0 Å². The smallest absolute Gasteiger partial charge is 0.00488 e. The molecule has 0 heterocycles. The van der Waals surface area contributed by atoms with Gasteiger partial charge in [0.15, 0.2) is 0 Å². The highest BCUT2D eigenvalue weighted by Gasteiger charge is 2.10. The van der Waals surface area contributed by atoms with Crippen LogP contribution in [-0.4, -0.2) is 6.54 Å². The zero-order chi connectivity index (χ0) is 8.85. The summed E-state index contributed by atoms with van der Waals surface area (Å²) in [6.07, 6.45) is 2.23. The van der Waals surface area contributed by atoms with Crippen LogP contribution in [0.5, 0.6) is 0 Å². The van der Waals surface area contributed by atoms with Gasteiger partial charge in [0.25, 0.3) is 0 Å². The topological polar surface area (TPSA) is 26.0 Å². The average molecular weight is 155 g/mol. The summed E-state index contributed by atoms with van der Waals surface area (Å²) in [6, 6.07) is 0. The van der Waals surface area contributed by atoms with E-state index in [4.69, 9.17) is 5.73 Å². The number of nitrogens with two attached hydrogens (primary N) is 1. The largest absolute Gasteiger partial charge is 0.330 e. The van der Waals surface area contributed by atoms with E-state index in [1.54, 1.807) is 0 Å². The van der Waals surface area contributed by atoms with Crippen LogP contribution < -0.4 is 5.73 Å². The molecule has 1 heteroatoms. The molecule has 0 saturated carbocycles. The third kappa shape index (κ3) is 4.20. The minimum Gasteiger partial charge on any atom is -0.330 e. The summed E-state index contributed by atoms with van der Waals surface area (Å²) in [7, 11) is 0. The first-order valence-corrected chi connectivity index (χ1v) is 4.48. The Balaban J connectivity index is 3.67. The summed E-state index contributed by atoms with van der Waals surface area (Å²) < 4.78 is 0. The lowest BCUT2D eigenvalue weighted by molar-refractivity contribution is 0.391. The molecule has 0 amide bonds. The van der Waals surface area contributed by atoms with Gasteiger partial charge in [0.05, 0.1) is 0 Å². The Hall–Kier alpha value is -0.300. The van der Waals surface area contributed by atoms with Gasteiger partial charge in [0.2, 0.25) is 0 Å². The van der Waals surface area contributed by atoms with Crippen LogP contribution in [-0.2, 0) is 0 Å². The third-order valence-electron chi connectivity index (χ3n) is 2.45. The van der Waals surface area contributed by atoms with Crippen molar-refractivity contribution in [2.45, 2.75) is 33.6 Å². The van der Waals surface area contributed by atoms with Crippen molar-refractivity contribution in [3.63, 3.8) is 0 Å². The lowest BCUT2D eigenvalue weighted by Gasteiger charge is -2.18. The predicted octanol–water partition coefficient (Wildman–Crippen LogP) is 2.57. The first-order chi connectivity index (χ1) is 5.11. The van der Waals surface area contributed by atoms with Crippen molar-refractivity contribution in [2.75, 3.05) is 6.54 Å². The molecule has 0 aliphatic carbocycles. The summed E-state index contributed by atoms with van der Waals surface area (Å²) in [5.41, 5.74) is 6.91. The summed E-state index contributed by atoms with van der Waals surface area (Å²) >= 11 is 0. The molecule has 2 N–H and O–H groups in total. The molecule has 0 aliphatic heterocycles. The van der Waals surface area contributed by atoms with Gasteiger partial charge in [-0.15, -0.1) is 0 Å². The fourth-order valence-electron chi connectivity index (χ4n) is 1.03. The molecule has 0 aromatic rings. The quantitative estimate of drug-likeness (QED) is 0.607. The van der Waals surface area contributed by atoms with Gasteiger partial charge in [-0.25, -0.2) is 0 Å². The van der Waals surface area contributed by atoms with Crippen LogP contribution in [0.4, 0.5) is 0 Å². The molecule has 1 nitrogen and oxygen atoms in total. The van der Waals surface area contributed by atoms with Crippen LogP contribution in [0.3, 0.4) is 0 Å². The molecule has 0 saturated heterocycles. The van der Waals surface area contributed by atoms with E-state index in [0.717, 1.165) is 19.4 Å². The second kappa shape index (κ2) is 5.36. The Kier molecular flexibility index (Phi) is 5.22. The maximum atomic E-state index is 5.56. The Labute approximate surface area is 70.7 Å². The molecule has 0 aromatic carbocycles. The second-order valence-electron chi connectivity index (χ2n) is 3.50. The molecule has 0 rings (SSSR count). The molecule has 0 spiro atoms. The van der Waals surface area contributed by atoms with E-state index in [9.17, 15) is 0 Å². The van der Waals surface area contributed by atoms with E-state index in [0.29, 0.717) is 11.8 Å². The van der Waals surface area contributed by atoms with E-state index in [1.807, 2.05) is 0 Å². The standard InChI is InChI=1S/C10H21N/c1-5-8(2)6-9(3)10(4)7-11/h9-10H,2,5-7,11H2,1,3-4H3. The van der Waals surface area contributed by atoms with Gasteiger partial charge in [-0.05, 0) is 31.2 Å². The highest BCUT2D eigenvalue weighted by Crippen LogP contribution is 2.19. The van der Waals surface area contributed by atoms with Crippen molar-refractivity contribution in [2.24, 2.45) is 17.6 Å². The van der Waals surface area contributed by atoms with Crippen molar-refractivity contribution >= 4 is 0 Å². The van der Waals surface area contributed by atoms with Gasteiger partial charge < -0.3 is 5.73 Å². The second-order valence-corrected chi connectivity index (χ2v) is 3.50. The van der Waals surface area contributed by atoms with Crippen LogP contribution in [0.1, 0.15) is 33.6 Å². The van der Waals surface area contributed by atoms with Crippen LogP contribution in [0.25, 0.3) is 0 Å². The summed E-state index contributed by atoms with van der Waals surface area (Å²) in [5.74, 6) is 1.31. The van der Waals surface area contributed by atoms with Crippen molar-refractivity contribution in [1.29, 1.82) is 0 Å². The SMILES string of the molecule is C=C(CC)CC(C)C(C)CN. The van der Waals surface area contributed by atoms with E-state index in [1.165, 1.54) is 5.57 Å². The zero-order valence-corrected chi connectivity index (χ0v) is 8.06. The molecule has 0 aliphatic rings. The van der Waals surface area contributed by atoms with Crippen molar-refractivity contribution in [3.8, 4) is 0 Å². The van der Waals surface area contributed by atoms with Crippen molar-refractivity contribution in [3.05, 3.63) is 12.2 Å². The molecular weight excluding hydrogens is 134 g/mol. The van der Waals surface area contributed by atoms with E-state index < -0.39 is 0 Å². The molecule has 0 bridgehead atoms. The fourth-order valence-corrected chi connectivity index (χ4v) is 1.03. The molecule has 2 unspecified atom stereocenters. The maximum Gasteiger partial charge on any atom is -0.00488 e. The van der Waals surface area contributed by atoms with Crippen LogP contribution >= 0.6 is 0 Å². The number of hydrogen-bond donors (Lipinski definition) is 1. The van der Waals surface area contributed by atoms with Gasteiger partial charge in [-0.1, -0.05) is 32.9 Å². The number of allylic oxidation sites excluding steroid dienone is 1. The van der Waals surface area contributed by atoms with Crippen LogP contribution in [0, 0.1) is 11.8 Å². The molecule has 0 aromatic heterocycles. The van der Waals surface area contributed by atoms with Gasteiger partial charge >= 0.3 is 0 Å². The van der Waals surface area contributed by atoms with Crippen LogP contribution in [0.2, 0.25) is 0 Å². The molecular formula is C10H21N. The minimum atomic E-state index is 0.623. The summed E-state index contributed by atoms with van der Waals surface area (Å²) in [5, 5.41) is 0. The first kappa shape index (κ1) is 10.7.